The van der Waals surface area contributed by atoms with Gasteiger partial charge in [0.2, 0.25) is 0 Å². The van der Waals surface area contributed by atoms with Crippen molar-refractivity contribution in [3.8, 4) is 0 Å². The highest BCUT2D eigenvalue weighted by Gasteiger charge is 2.71. The highest BCUT2D eigenvalue weighted by Crippen LogP contribution is 2.70. The Labute approximate surface area is 165 Å². The van der Waals surface area contributed by atoms with Crippen molar-refractivity contribution in [1.82, 2.24) is 0 Å². The van der Waals surface area contributed by atoms with Gasteiger partial charge in [-0.1, -0.05) is 26.3 Å². The second-order valence-corrected chi connectivity index (χ2v) is 10.3. The highest BCUT2D eigenvalue weighted by atomic mass is 35.5. The van der Waals surface area contributed by atoms with E-state index in [0.717, 1.165) is 12.0 Å². The maximum absolute atomic E-state index is 16.9. The minimum Gasteiger partial charge on any atom is -0.390 e. The number of halogens is 2. The lowest BCUT2D eigenvalue weighted by Crippen LogP contribution is -2.67. The first-order valence-corrected chi connectivity index (χ1v) is 10.8. The predicted molar refractivity (Wildman–Crippen MR) is 102 cm³/mol. The number of aliphatic hydroxyl groups is 1. The molecule has 0 bridgehead atoms. The van der Waals surface area contributed by atoms with Gasteiger partial charge in [-0.05, 0) is 55.4 Å². The van der Waals surface area contributed by atoms with Gasteiger partial charge in [-0.15, -0.1) is 11.6 Å². The number of allylic oxidation sites excluding steroid dienone is 1. The van der Waals surface area contributed by atoms with Gasteiger partial charge in [0.1, 0.15) is 5.67 Å². The molecule has 1 N–H and O–H groups in total. The number of fused-ring (bicyclic) bond motifs is 5. The smallest absolute Gasteiger partial charge is 0.155 e. The number of ketones is 2. The van der Waals surface area contributed by atoms with Gasteiger partial charge in [-0.2, -0.15) is 0 Å². The number of rotatable bonds is 2. The van der Waals surface area contributed by atoms with Crippen LogP contribution < -0.4 is 0 Å². The summed E-state index contributed by atoms with van der Waals surface area (Å²) in [5.74, 6) is -0.201. The van der Waals surface area contributed by atoms with E-state index in [1.165, 1.54) is 0 Å². The third kappa shape index (κ3) is 2.35. The van der Waals surface area contributed by atoms with Crippen molar-refractivity contribution in [3.63, 3.8) is 0 Å². The summed E-state index contributed by atoms with van der Waals surface area (Å²) in [5, 5.41) is 11.2. The SMILES string of the molecule is C[C@@H]1C[C@H]2[C@@H]3CCC4=CC(=O)CC[C@]4(C)[C@@]3(F)[C@@H](O)C[C@]2(C)[C@H]1C(=O)CCl. The molecule has 0 heterocycles. The topological polar surface area (TPSA) is 54.4 Å². The molecule has 8 atom stereocenters. The van der Waals surface area contributed by atoms with E-state index in [1.807, 2.05) is 6.92 Å². The van der Waals surface area contributed by atoms with Gasteiger partial charge >= 0.3 is 0 Å². The Hall–Kier alpha value is -0.740. The molecular formula is C22H30ClFO3. The molecule has 4 rings (SSSR count). The van der Waals surface area contributed by atoms with Crippen LogP contribution in [0.3, 0.4) is 0 Å². The molecule has 27 heavy (non-hydrogen) atoms. The summed E-state index contributed by atoms with van der Waals surface area (Å²) >= 11 is 5.89. The molecular weight excluding hydrogens is 367 g/mol. The maximum Gasteiger partial charge on any atom is 0.155 e. The quantitative estimate of drug-likeness (QED) is 0.710. The lowest BCUT2D eigenvalue weighted by atomic mass is 9.44. The maximum atomic E-state index is 16.9. The number of hydrogen-bond acceptors (Lipinski definition) is 3. The molecule has 0 aliphatic heterocycles. The van der Waals surface area contributed by atoms with E-state index in [9.17, 15) is 14.7 Å². The van der Waals surface area contributed by atoms with E-state index >= 15 is 4.39 Å². The third-order valence-corrected chi connectivity index (χ3v) is 9.12. The lowest BCUT2D eigenvalue weighted by Gasteiger charge is -2.63. The largest absolute Gasteiger partial charge is 0.390 e. The average molecular weight is 397 g/mol. The molecule has 0 radical (unpaired) electrons. The van der Waals surface area contributed by atoms with Gasteiger partial charge in [0, 0.05) is 23.7 Å². The molecule has 0 unspecified atom stereocenters. The number of alkyl halides is 2. The van der Waals surface area contributed by atoms with Crippen molar-refractivity contribution in [1.29, 1.82) is 0 Å². The second-order valence-electron chi connectivity index (χ2n) is 10.0. The Bertz CT molecular complexity index is 720. The van der Waals surface area contributed by atoms with Crippen molar-refractivity contribution < 1.29 is 19.1 Å². The van der Waals surface area contributed by atoms with Crippen LogP contribution in [0.4, 0.5) is 4.39 Å². The molecule has 5 heteroatoms. The van der Waals surface area contributed by atoms with Gasteiger partial charge < -0.3 is 5.11 Å². The molecule has 3 nitrogen and oxygen atoms in total. The van der Waals surface area contributed by atoms with Gasteiger partial charge in [-0.3, -0.25) is 9.59 Å². The van der Waals surface area contributed by atoms with Crippen molar-refractivity contribution in [2.24, 2.45) is 34.5 Å². The van der Waals surface area contributed by atoms with E-state index in [2.05, 4.69) is 13.8 Å². The number of aliphatic hydroxyl groups excluding tert-OH is 1. The number of hydrogen-bond donors (Lipinski definition) is 1. The van der Waals surface area contributed by atoms with Crippen LogP contribution in [-0.4, -0.2) is 34.3 Å². The Morgan fingerprint density at radius 1 is 1.33 bits per heavy atom. The Morgan fingerprint density at radius 3 is 2.70 bits per heavy atom. The van der Waals surface area contributed by atoms with Crippen LogP contribution in [0.2, 0.25) is 0 Å². The van der Waals surface area contributed by atoms with Gasteiger partial charge in [0.25, 0.3) is 0 Å². The van der Waals surface area contributed by atoms with Crippen LogP contribution in [0, 0.1) is 34.5 Å². The van der Waals surface area contributed by atoms with Gasteiger partial charge in [0.15, 0.2) is 11.6 Å². The normalized spacial score (nSPS) is 51.9. The molecule has 0 aromatic rings. The fraction of sp³-hybridized carbons (Fsp3) is 0.818. The van der Waals surface area contributed by atoms with E-state index < -0.39 is 22.6 Å². The molecule has 0 spiro atoms. The van der Waals surface area contributed by atoms with Crippen molar-refractivity contribution >= 4 is 23.2 Å². The number of carbonyl (C=O) groups excluding carboxylic acids is 2. The molecule has 3 saturated carbocycles. The second kappa shape index (κ2) is 6.13. The molecule has 0 aromatic carbocycles. The predicted octanol–water partition coefficient (Wildman–Crippen LogP) is 4.25. The van der Waals surface area contributed by atoms with Gasteiger partial charge in [-0.25, -0.2) is 4.39 Å². The molecule has 4 aliphatic rings. The Morgan fingerprint density at radius 2 is 2.04 bits per heavy atom. The standard InChI is InChI=1S/C22H30ClFO3/c1-12-8-16-15-5-4-13-9-14(25)6-7-21(13,3)22(15,24)18(27)10-20(16,2)19(12)17(26)11-23/h9,12,15-16,18-19,27H,4-8,10-11H2,1-3H3/t12-,15+,16+,18+,19-,20+,21+,22+/m1/s1. The first-order chi connectivity index (χ1) is 12.6. The molecule has 150 valence electrons. The van der Waals surface area contributed by atoms with E-state index in [1.54, 1.807) is 6.08 Å². The summed E-state index contributed by atoms with van der Waals surface area (Å²) in [7, 11) is 0. The summed E-state index contributed by atoms with van der Waals surface area (Å²) < 4.78 is 16.9. The zero-order valence-corrected chi connectivity index (χ0v) is 17.2. The van der Waals surface area contributed by atoms with Crippen LogP contribution >= 0.6 is 11.6 Å². The summed E-state index contributed by atoms with van der Waals surface area (Å²) in [6, 6.07) is 0. The van der Waals surface area contributed by atoms with E-state index in [0.29, 0.717) is 32.1 Å². The van der Waals surface area contributed by atoms with Crippen molar-refractivity contribution in [2.45, 2.75) is 71.1 Å². The van der Waals surface area contributed by atoms with E-state index in [-0.39, 0.29) is 41.1 Å². The number of Topliss-reactive ketones (excluding diaryl/α,β-unsaturated/α-hetero) is 1. The highest BCUT2D eigenvalue weighted by molar-refractivity contribution is 6.28. The summed E-state index contributed by atoms with van der Waals surface area (Å²) in [6.45, 7) is 6.04. The van der Waals surface area contributed by atoms with Crippen molar-refractivity contribution in [2.75, 3.05) is 5.88 Å². The van der Waals surface area contributed by atoms with Crippen LogP contribution in [0.5, 0.6) is 0 Å². The van der Waals surface area contributed by atoms with Crippen LogP contribution in [0.1, 0.15) is 59.3 Å². The Kier molecular flexibility index (Phi) is 4.44. The third-order valence-electron chi connectivity index (χ3n) is 8.86. The van der Waals surface area contributed by atoms with Crippen molar-refractivity contribution in [3.05, 3.63) is 11.6 Å². The minimum absolute atomic E-state index is 0.0223. The van der Waals surface area contributed by atoms with Crippen LogP contribution in [0.25, 0.3) is 0 Å². The molecule has 0 saturated heterocycles. The van der Waals surface area contributed by atoms with E-state index in [4.69, 9.17) is 11.6 Å². The molecule has 4 aliphatic carbocycles. The van der Waals surface area contributed by atoms with Crippen LogP contribution in [-0.2, 0) is 9.59 Å². The number of carbonyl (C=O) groups is 2. The average Bonchev–Trinajstić information content (AvgIpc) is 2.86. The zero-order valence-electron chi connectivity index (χ0n) is 16.4. The molecule has 0 amide bonds. The lowest BCUT2D eigenvalue weighted by molar-refractivity contribution is -0.208. The first kappa shape index (κ1) is 19.6. The molecule has 3 fully saturated rings. The summed E-state index contributed by atoms with van der Waals surface area (Å²) in [6.07, 6.45) is 3.76. The summed E-state index contributed by atoms with van der Waals surface area (Å²) in [4.78, 5) is 24.5. The molecule has 0 aromatic heterocycles. The summed E-state index contributed by atoms with van der Waals surface area (Å²) in [5.41, 5.74) is -2.06. The van der Waals surface area contributed by atoms with Gasteiger partial charge in [0.05, 0.1) is 12.0 Å². The Balaban J connectivity index is 1.79. The fourth-order valence-corrected chi connectivity index (χ4v) is 7.87. The minimum atomic E-state index is -1.74. The fourth-order valence-electron chi connectivity index (χ4n) is 7.71. The monoisotopic (exact) mass is 396 g/mol. The zero-order chi connectivity index (χ0) is 19.8. The first-order valence-electron chi connectivity index (χ1n) is 10.3. The van der Waals surface area contributed by atoms with Crippen LogP contribution in [0.15, 0.2) is 11.6 Å².